The van der Waals surface area contributed by atoms with Gasteiger partial charge < -0.3 is 9.52 Å². The molecule has 29 heavy (non-hydrogen) atoms. The Labute approximate surface area is 172 Å². The molecule has 1 aliphatic heterocycles. The molecule has 0 unspecified atom stereocenters. The molecular weight excluding hydrogens is 364 g/mol. The lowest BCUT2D eigenvalue weighted by Gasteiger charge is -2.41. The number of rotatable bonds is 7. The van der Waals surface area contributed by atoms with Crippen LogP contribution in [0.25, 0.3) is 11.3 Å². The summed E-state index contributed by atoms with van der Waals surface area (Å²) in [5.41, 5.74) is 3.46. The van der Waals surface area contributed by atoms with Gasteiger partial charge in [-0.1, -0.05) is 30.3 Å². The van der Waals surface area contributed by atoms with E-state index in [0.717, 1.165) is 61.9 Å². The second kappa shape index (κ2) is 8.95. The number of aromatic nitrogens is 2. The van der Waals surface area contributed by atoms with Gasteiger partial charge in [0.1, 0.15) is 11.5 Å². The number of aliphatic hydroxyl groups excluding tert-OH is 1. The smallest absolute Gasteiger partial charge is 0.118 e. The third kappa shape index (κ3) is 4.78. The fraction of sp³-hybridized carbons (Fsp3) is 0.435. The van der Waals surface area contributed by atoms with Crippen molar-refractivity contribution >= 4 is 0 Å². The first kappa shape index (κ1) is 19.9. The van der Waals surface area contributed by atoms with Crippen molar-refractivity contribution < 1.29 is 9.52 Å². The summed E-state index contributed by atoms with van der Waals surface area (Å²) < 4.78 is 7.68. The van der Waals surface area contributed by atoms with Crippen LogP contribution in [0.1, 0.15) is 23.5 Å². The highest BCUT2D eigenvalue weighted by Crippen LogP contribution is 2.25. The molecule has 1 aliphatic rings. The van der Waals surface area contributed by atoms with Crippen LogP contribution >= 0.6 is 0 Å². The molecule has 6 heteroatoms. The van der Waals surface area contributed by atoms with Crippen LogP contribution in [-0.2, 0) is 20.1 Å². The van der Waals surface area contributed by atoms with Gasteiger partial charge in [0, 0.05) is 63.2 Å². The van der Waals surface area contributed by atoms with Gasteiger partial charge in [0.2, 0.25) is 0 Å². The number of hydrogen-bond donors (Lipinski definition) is 1. The predicted octanol–water partition coefficient (Wildman–Crippen LogP) is 3.06. The molecule has 0 bridgehead atoms. The number of benzene rings is 1. The van der Waals surface area contributed by atoms with Crippen molar-refractivity contribution in [1.82, 2.24) is 19.6 Å². The summed E-state index contributed by atoms with van der Waals surface area (Å²) in [5.74, 6) is 1.94. The Kier molecular flexibility index (Phi) is 6.13. The van der Waals surface area contributed by atoms with E-state index < -0.39 is 0 Å². The highest BCUT2D eigenvalue weighted by molar-refractivity contribution is 5.62. The Morgan fingerprint density at radius 1 is 1.10 bits per heavy atom. The Morgan fingerprint density at radius 3 is 2.66 bits per heavy atom. The van der Waals surface area contributed by atoms with E-state index >= 15 is 0 Å². The van der Waals surface area contributed by atoms with Crippen LogP contribution < -0.4 is 0 Å². The highest BCUT2D eigenvalue weighted by Gasteiger charge is 2.28. The van der Waals surface area contributed by atoms with E-state index in [9.17, 15) is 5.11 Å². The lowest BCUT2D eigenvalue weighted by molar-refractivity contribution is 0.0455. The van der Waals surface area contributed by atoms with Gasteiger partial charge in [0.15, 0.2) is 0 Å². The summed E-state index contributed by atoms with van der Waals surface area (Å²) >= 11 is 0. The molecule has 0 radical (unpaired) electrons. The van der Waals surface area contributed by atoms with Gasteiger partial charge in [-0.3, -0.25) is 14.5 Å². The standard InChI is InChI=1S/C23H30N4O2/c1-18-8-9-22(29-18)17-27-12-11-26(16-21(27)10-13-28)15-20-14-25(2)24-23(20)19-6-4-3-5-7-19/h3-9,14,21,28H,10-13,15-17H2,1-2H3/t21-/m1/s1. The second-order valence-corrected chi connectivity index (χ2v) is 7.93. The average molecular weight is 395 g/mol. The first-order valence-electron chi connectivity index (χ1n) is 10.3. The Morgan fingerprint density at radius 2 is 1.93 bits per heavy atom. The van der Waals surface area contributed by atoms with Crippen LogP contribution in [0.4, 0.5) is 0 Å². The maximum absolute atomic E-state index is 9.60. The third-order valence-electron chi connectivity index (χ3n) is 5.65. The monoisotopic (exact) mass is 394 g/mol. The summed E-state index contributed by atoms with van der Waals surface area (Å²) in [6, 6.07) is 14.8. The fourth-order valence-electron chi connectivity index (χ4n) is 4.24. The normalized spacial score (nSPS) is 18.4. The van der Waals surface area contributed by atoms with Crippen molar-refractivity contribution in [1.29, 1.82) is 0 Å². The SMILES string of the molecule is Cc1ccc(CN2CCN(Cc3cn(C)nc3-c3ccccc3)C[C@H]2CCO)o1. The summed E-state index contributed by atoms with van der Waals surface area (Å²) in [6.45, 7) is 6.74. The van der Waals surface area contributed by atoms with E-state index in [2.05, 4.69) is 46.3 Å². The molecule has 1 saturated heterocycles. The number of nitrogens with zero attached hydrogens (tertiary/aromatic N) is 4. The lowest BCUT2D eigenvalue weighted by atomic mass is 10.1. The maximum atomic E-state index is 9.60. The quantitative estimate of drug-likeness (QED) is 0.667. The number of aliphatic hydroxyl groups is 1. The van der Waals surface area contributed by atoms with Gasteiger partial charge >= 0.3 is 0 Å². The van der Waals surface area contributed by atoms with Gasteiger partial charge in [-0.25, -0.2) is 0 Å². The number of furan rings is 1. The fourth-order valence-corrected chi connectivity index (χ4v) is 4.24. The van der Waals surface area contributed by atoms with Gasteiger partial charge in [-0.05, 0) is 25.5 Å². The van der Waals surface area contributed by atoms with Gasteiger partial charge in [-0.15, -0.1) is 0 Å². The molecule has 1 aromatic carbocycles. The Balaban J connectivity index is 1.46. The van der Waals surface area contributed by atoms with E-state index in [1.54, 1.807) is 0 Å². The molecule has 2 aromatic heterocycles. The minimum atomic E-state index is 0.203. The summed E-state index contributed by atoms with van der Waals surface area (Å²) in [5, 5.41) is 14.3. The van der Waals surface area contributed by atoms with E-state index in [1.807, 2.05) is 30.8 Å². The molecule has 1 N–H and O–H groups in total. The molecule has 0 amide bonds. The first-order valence-corrected chi connectivity index (χ1v) is 10.3. The van der Waals surface area contributed by atoms with Crippen LogP contribution in [0.3, 0.4) is 0 Å². The largest absolute Gasteiger partial charge is 0.465 e. The van der Waals surface area contributed by atoms with E-state index in [4.69, 9.17) is 9.52 Å². The minimum absolute atomic E-state index is 0.203. The van der Waals surface area contributed by atoms with Crippen LogP contribution in [0, 0.1) is 6.92 Å². The first-order chi connectivity index (χ1) is 14.1. The summed E-state index contributed by atoms with van der Waals surface area (Å²) in [4.78, 5) is 4.92. The van der Waals surface area contributed by atoms with Gasteiger partial charge in [0.25, 0.3) is 0 Å². The topological polar surface area (TPSA) is 57.7 Å². The number of piperazine rings is 1. The zero-order valence-corrected chi connectivity index (χ0v) is 17.3. The van der Waals surface area contributed by atoms with Crippen molar-refractivity contribution in [2.75, 3.05) is 26.2 Å². The summed E-state index contributed by atoms with van der Waals surface area (Å²) in [6.07, 6.45) is 2.90. The number of hydrogen-bond acceptors (Lipinski definition) is 5. The van der Waals surface area contributed by atoms with Crippen molar-refractivity contribution in [3.05, 3.63) is 65.7 Å². The Bertz CT molecular complexity index is 918. The molecule has 154 valence electrons. The average Bonchev–Trinajstić information content (AvgIpc) is 3.29. The lowest BCUT2D eigenvalue weighted by Crippen LogP contribution is -2.52. The molecule has 3 aromatic rings. The van der Waals surface area contributed by atoms with Gasteiger partial charge in [0.05, 0.1) is 12.2 Å². The van der Waals surface area contributed by atoms with Crippen molar-refractivity contribution in [2.45, 2.75) is 32.5 Å². The molecular formula is C23H30N4O2. The third-order valence-corrected chi connectivity index (χ3v) is 5.65. The molecule has 6 nitrogen and oxygen atoms in total. The van der Waals surface area contributed by atoms with Crippen LogP contribution in [0.15, 0.2) is 53.1 Å². The molecule has 1 atom stereocenters. The van der Waals surface area contributed by atoms with Crippen LogP contribution in [0.2, 0.25) is 0 Å². The second-order valence-electron chi connectivity index (χ2n) is 7.93. The maximum Gasteiger partial charge on any atom is 0.118 e. The predicted molar refractivity (Wildman–Crippen MR) is 113 cm³/mol. The highest BCUT2D eigenvalue weighted by atomic mass is 16.3. The molecule has 0 aliphatic carbocycles. The van der Waals surface area contributed by atoms with E-state index in [-0.39, 0.29) is 6.61 Å². The van der Waals surface area contributed by atoms with Crippen molar-refractivity contribution in [3.63, 3.8) is 0 Å². The van der Waals surface area contributed by atoms with Crippen molar-refractivity contribution in [2.24, 2.45) is 7.05 Å². The molecule has 0 spiro atoms. The van der Waals surface area contributed by atoms with E-state index in [0.29, 0.717) is 6.04 Å². The van der Waals surface area contributed by atoms with E-state index in [1.165, 1.54) is 5.56 Å². The zero-order chi connectivity index (χ0) is 20.2. The summed E-state index contributed by atoms with van der Waals surface area (Å²) in [7, 11) is 1.98. The zero-order valence-electron chi connectivity index (χ0n) is 17.3. The number of aryl methyl sites for hydroxylation is 2. The van der Waals surface area contributed by atoms with Crippen molar-refractivity contribution in [3.8, 4) is 11.3 Å². The molecule has 0 saturated carbocycles. The molecule has 3 heterocycles. The minimum Gasteiger partial charge on any atom is -0.465 e. The van der Waals surface area contributed by atoms with Crippen LogP contribution in [-0.4, -0.2) is 57.0 Å². The Hall–Kier alpha value is -2.41. The van der Waals surface area contributed by atoms with Crippen LogP contribution in [0.5, 0.6) is 0 Å². The molecule has 4 rings (SSSR count). The van der Waals surface area contributed by atoms with Gasteiger partial charge in [-0.2, -0.15) is 5.10 Å². The molecule has 1 fully saturated rings.